The van der Waals surface area contributed by atoms with E-state index >= 15 is 0 Å². The fourth-order valence-corrected chi connectivity index (χ4v) is 4.13. The average Bonchev–Trinajstić information content (AvgIpc) is 3.17. The van der Waals surface area contributed by atoms with Gasteiger partial charge in [0.15, 0.2) is 0 Å². The summed E-state index contributed by atoms with van der Waals surface area (Å²) in [6, 6.07) is 17.4. The van der Waals surface area contributed by atoms with Crippen LogP contribution in [-0.4, -0.2) is 46.1 Å². The van der Waals surface area contributed by atoms with Gasteiger partial charge in [0.1, 0.15) is 0 Å². The Morgan fingerprint density at radius 3 is 2.26 bits per heavy atom. The number of aromatic nitrogens is 1. The van der Waals surface area contributed by atoms with Crippen molar-refractivity contribution in [2.45, 2.75) is 38.8 Å². The highest BCUT2D eigenvalue weighted by atomic mass is 35.5. The molecule has 0 atom stereocenters. The van der Waals surface area contributed by atoms with E-state index < -0.39 is 11.9 Å². The minimum atomic E-state index is -1.08. The molecule has 0 saturated heterocycles. The maximum Gasteiger partial charge on any atom is 0.303 e. The lowest BCUT2D eigenvalue weighted by Gasteiger charge is -2.16. The van der Waals surface area contributed by atoms with Crippen molar-refractivity contribution in [1.82, 2.24) is 15.6 Å². The Hall–Kier alpha value is -3.95. The first-order valence-electron chi connectivity index (χ1n) is 12.3. The average molecular weight is 539 g/mol. The van der Waals surface area contributed by atoms with E-state index in [2.05, 4.69) is 27.0 Å². The third-order valence-electron chi connectivity index (χ3n) is 5.88. The lowest BCUT2D eigenvalue weighted by atomic mass is 10.0. The summed E-state index contributed by atoms with van der Waals surface area (Å²) in [5.41, 5.74) is 6.24. The standard InChI is InChI=1S/C24H25ClN4O.C4H6O4/c25-22-9-8-18-10-13-26-14-11-21(18)23(22)28-15-17-4-6-19(7-5-17)24(30)29-16-20-3-1-2-12-27-20;5-3(6)1-2-4(7)8/h1-9,12,26,28H,10-11,13-16H2,(H,29,30);1-2H2,(H,5,6)(H,7,8). The summed E-state index contributed by atoms with van der Waals surface area (Å²) in [7, 11) is 0. The summed E-state index contributed by atoms with van der Waals surface area (Å²) >= 11 is 6.49. The Kier molecular flexibility index (Phi) is 11.1. The first-order valence-corrected chi connectivity index (χ1v) is 12.7. The fourth-order valence-electron chi connectivity index (χ4n) is 3.89. The minimum Gasteiger partial charge on any atom is -0.481 e. The lowest BCUT2D eigenvalue weighted by molar-refractivity contribution is -0.143. The zero-order valence-electron chi connectivity index (χ0n) is 20.9. The third-order valence-corrected chi connectivity index (χ3v) is 6.19. The smallest absolute Gasteiger partial charge is 0.303 e. The molecule has 0 aliphatic carbocycles. The number of nitrogens with zero attached hydrogens (tertiary/aromatic N) is 1. The zero-order chi connectivity index (χ0) is 27.3. The van der Waals surface area contributed by atoms with Crippen LogP contribution in [0.4, 0.5) is 5.69 Å². The number of nitrogens with one attached hydrogen (secondary N) is 3. The molecule has 1 aromatic heterocycles. The molecule has 3 aromatic rings. The molecule has 2 heterocycles. The van der Waals surface area contributed by atoms with E-state index in [0.717, 1.165) is 47.9 Å². The van der Waals surface area contributed by atoms with Gasteiger partial charge in [-0.1, -0.05) is 35.9 Å². The number of carboxylic acids is 2. The number of amides is 1. The van der Waals surface area contributed by atoms with Crippen LogP contribution in [0, 0.1) is 0 Å². The number of fused-ring (bicyclic) bond motifs is 1. The molecule has 0 saturated carbocycles. The summed E-state index contributed by atoms with van der Waals surface area (Å²) in [5, 5.41) is 26.4. The minimum absolute atomic E-state index is 0.107. The molecular formula is C28H31ClN4O5. The van der Waals surface area contributed by atoms with Crippen LogP contribution >= 0.6 is 11.6 Å². The van der Waals surface area contributed by atoms with Crippen molar-refractivity contribution in [3.8, 4) is 0 Å². The predicted octanol–water partition coefficient (Wildman–Crippen LogP) is 3.90. The molecule has 38 heavy (non-hydrogen) atoms. The van der Waals surface area contributed by atoms with Crippen molar-refractivity contribution in [2.24, 2.45) is 0 Å². The van der Waals surface area contributed by atoms with E-state index in [9.17, 15) is 14.4 Å². The molecule has 1 aliphatic heterocycles. The highest BCUT2D eigenvalue weighted by molar-refractivity contribution is 6.33. The fraction of sp³-hybridized carbons (Fsp3) is 0.286. The highest BCUT2D eigenvalue weighted by Crippen LogP contribution is 2.31. The molecule has 2 aromatic carbocycles. The van der Waals surface area contributed by atoms with Gasteiger partial charge in [0.05, 0.1) is 35.8 Å². The van der Waals surface area contributed by atoms with Crippen molar-refractivity contribution in [2.75, 3.05) is 18.4 Å². The topological polar surface area (TPSA) is 141 Å². The molecule has 0 bridgehead atoms. The second kappa shape index (κ2) is 14.7. The number of halogens is 1. The normalized spacial score (nSPS) is 12.2. The number of carbonyl (C=O) groups is 3. The summed E-state index contributed by atoms with van der Waals surface area (Å²) < 4.78 is 0. The summed E-state index contributed by atoms with van der Waals surface area (Å²) in [6.07, 6.45) is 3.11. The summed E-state index contributed by atoms with van der Waals surface area (Å²) in [5.74, 6) is -2.26. The van der Waals surface area contributed by atoms with Gasteiger partial charge in [-0.3, -0.25) is 19.4 Å². The number of hydrogen-bond donors (Lipinski definition) is 5. The van der Waals surface area contributed by atoms with Gasteiger partial charge in [-0.05, 0) is 73.0 Å². The molecule has 1 amide bonds. The number of hydrogen-bond acceptors (Lipinski definition) is 6. The van der Waals surface area contributed by atoms with Gasteiger partial charge in [0.25, 0.3) is 5.91 Å². The second-order valence-electron chi connectivity index (χ2n) is 8.65. The maximum atomic E-state index is 12.4. The molecule has 0 unspecified atom stereocenters. The molecule has 10 heteroatoms. The van der Waals surface area contributed by atoms with Crippen molar-refractivity contribution < 1.29 is 24.6 Å². The Bertz CT molecular complexity index is 1220. The van der Waals surface area contributed by atoms with Gasteiger partial charge >= 0.3 is 11.9 Å². The first-order chi connectivity index (χ1) is 18.3. The lowest BCUT2D eigenvalue weighted by Crippen LogP contribution is -2.23. The SMILES string of the molecule is O=C(NCc1ccccn1)c1ccc(CNc2c(Cl)ccc3c2CCNCC3)cc1.O=C(O)CCC(=O)O. The van der Waals surface area contributed by atoms with Crippen LogP contribution in [0.2, 0.25) is 5.02 Å². The third kappa shape index (κ3) is 9.17. The molecular weight excluding hydrogens is 508 g/mol. The Balaban J connectivity index is 0.000000436. The zero-order valence-corrected chi connectivity index (χ0v) is 21.6. The van der Waals surface area contributed by atoms with Crippen molar-refractivity contribution in [3.63, 3.8) is 0 Å². The van der Waals surface area contributed by atoms with E-state index in [0.29, 0.717) is 18.7 Å². The van der Waals surface area contributed by atoms with E-state index in [1.165, 1.54) is 11.1 Å². The Labute approximate surface area is 226 Å². The van der Waals surface area contributed by atoms with E-state index in [4.69, 9.17) is 21.8 Å². The van der Waals surface area contributed by atoms with Gasteiger partial charge in [-0.15, -0.1) is 0 Å². The Morgan fingerprint density at radius 2 is 1.61 bits per heavy atom. The first kappa shape index (κ1) is 28.6. The van der Waals surface area contributed by atoms with E-state index in [1.54, 1.807) is 6.20 Å². The molecule has 0 fully saturated rings. The van der Waals surface area contributed by atoms with Gasteiger partial charge < -0.3 is 26.2 Å². The van der Waals surface area contributed by atoms with Crippen LogP contribution in [0.3, 0.4) is 0 Å². The van der Waals surface area contributed by atoms with Crippen LogP contribution < -0.4 is 16.0 Å². The van der Waals surface area contributed by atoms with Gasteiger partial charge in [-0.25, -0.2) is 0 Å². The van der Waals surface area contributed by atoms with Crippen molar-refractivity contribution in [1.29, 1.82) is 0 Å². The van der Waals surface area contributed by atoms with Gasteiger partial charge in [0.2, 0.25) is 0 Å². The van der Waals surface area contributed by atoms with Crippen molar-refractivity contribution in [3.05, 3.63) is 93.8 Å². The number of pyridine rings is 1. The highest BCUT2D eigenvalue weighted by Gasteiger charge is 2.15. The largest absolute Gasteiger partial charge is 0.481 e. The maximum absolute atomic E-state index is 12.4. The molecule has 5 N–H and O–H groups in total. The number of aliphatic carboxylic acids is 2. The van der Waals surface area contributed by atoms with Crippen LogP contribution in [0.5, 0.6) is 0 Å². The summed E-state index contributed by atoms with van der Waals surface area (Å²) in [4.78, 5) is 35.9. The van der Waals surface area contributed by atoms with E-state index in [1.807, 2.05) is 48.5 Å². The number of anilines is 1. The molecule has 0 spiro atoms. The number of benzene rings is 2. The molecule has 200 valence electrons. The predicted molar refractivity (Wildman–Crippen MR) is 145 cm³/mol. The number of rotatable bonds is 9. The molecule has 9 nitrogen and oxygen atoms in total. The van der Waals surface area contributed by atoms with Crippen LogP contribution in [-0.2, 0) is 35.5 Å². The molecule has 4 rings (SSSR count). The number of carboxylic acid groups (broad SMARTS) is 2. The summed E-state index contributed by atoms with van der Waals surface area (Å²) in [6.45, 7) is 3.02. The molecule has 1 aliphatic rings. The van der Waals surface area contributed by atoms with Crippen LogP contribution in [0.1, 0.15) is 45.6 Å². The Morgan fingerprint density at radius 1 is 0.895 bits per heavy atom. The number of carbonyl (C=O) groups excluding carboxylic acids is 1. The monoisotopic (exact) mass is 538 g/mol. The van der Waals surface area contributed by atoms with Crippen LogP contribution in [0.15, 0.2) is 60.8 Å². The quantitative estimate of drug-likeness (QED) is 0.276. The van der Waals surface area contributed by atoms with E-state index in [-0.39, 0.29) is 18.7 Å². The van der Waals surface area contributed by atoms with Gasteiger partial charge in [-0.2, -0.15) is 0 Å². The second-order valence-corrected chi connectivity index (χ2v) is 9.06. The van der Waals surface area contributed by atoms with Crippen LogP contribution in [0.25, 0.3) is 0 Å². The van der Waals surface area contributed by atoms with Crippen molar-refractivity contribution >= 4 is 35.1 Å². The van der Waals surface area contributed by atoms with Gasteiger partial charge in [0, 0.05) is 18.3 Å². The molecule has 0 radical (unpaired) electrons.